The molecule has 0 saturated carbocycles. The predicted octanol–water partition coefficient (Wildman–Crippen LogP) is 9.58. The number of amides is 1. The van der Waals surface area contributed by atoms with Gasteiger partial charge in [-0.3, -0.25) is 4.79 Å². The number of carbonyl (C=O) groups excluding carboxylic acids is 1. The summed E-state index contributed by atoms with van der Waals surface area (Å²) < 4.78 is 5.96. The van der Waals surface area contributed by atoms with Gasteiger partial charge in [-0.1, -0.05) is 107 Å². The highest BCUT2D eigenvalue weighted by Crippen LogP contribution is 2.26. The molecule has 0 radical (unpaired) electrons. The molecule has 0 aromatic heterocycles. The molecule has 0 bridgehead atoms. The smallest absolute Gasteiger partial charge is 0.228 e. The number of carbonyl (C=O) groups is 1. The summed E-state index contributed by atoms with van der Waals surface area (Å²) in [5, 5.41) is 5.70. The molecule has 0 unspecified atom stereocenters. The van der Waals surface area contributed by atoms with Crippen molar-refractivity contribution in [2.75, 3.05) is 17.8 Å². The van der Waals surface area contributed by atoms with Crippen molar-refractivity contribution in [3.63, 3.8) is 0 Å². The van der Waals surface area contributed by atoms with Crippen LogP contribution in [-0.2, 0) is 17.8 Å². The molecule has 0 saturated heterocycles. The SMILES string of the molecule is CCCCCCCCCCCCCCOc1cc(CC(=O)Nc2ccc(CN3C=CSC3)cc2)ccc1Cl. The van der Waals surface area contributed by atoms with E-state index in [1.54, 1.807) is 11.8 Å². The lowest BCUT2D eigenvalue weighted by Crippen LogP contribution is -2.15. The molecular weight excluding hydrogens is 512 g/mol. The summed E-state index contributed by atoms with van der Waals surface area (Å²) >= 11 is 8.15. The summed E-state index contributed by atoms with van der Waals surface area (Å²) in [4.78, 5) is 14.9. The average Bonchev–Trinajstić information content (AvgIpc) is 3.43. The van der Waals surface area contributed by atoms with Crippen LogP contribution in [0.2, 0.25) is 5.02 Å². The molecule has 2 aromatic rings. The van der Waals surface area contributed by atoms with E-state index in [4.69, 9.17) is 16.3 Å². The quantitative estimate of drug-likeness (QED) is 0.175. The lowest BCUT2D eigenvalue weighted by atomic mass is 10.1. The molecule has 1 N–H and O–H groups in total. The maximum Gasteiger partial charge on any atom is 0.228 e. The topological polar surface area (TPSA) is 41.6 Å². The Morgan fingerprint density at radius 3 is 2.16 bits per heavy atom. The third-order valence-corrected chi connectivity index (χ3v) is 7.95. The van der Waals surface area contributed by atoms with Crippen LogP contribution in [0.15, 0.2) is 54.1 Å². The van der Waals surface area contributed by atoms with Gasteiger partial charge in [-0.15, -0.1) is 11.8 Å². The Bertz CT molecular complexity index is 980. The number of rotatable bonds is 19. The van der Waals surface area contributed by atoms with Gasteiger partial charge in [0.05, 0.1) is 23.9 Å². The highest BCUT2D eigenvalue weighted by atomic mass is 35.5. The number of thioether (sulfide) groups is 1. The zero-order chi connectivity index (χ0) is 26.8. The molecule has 3 rings (SSSR count). The molecule has 38 heavy (non-hydrogen) atoms. The molecule has 2 aromatic carbocycles. The molecule has 0 spiro atoms. The molecule has 0 aliphatic carbocycles. The summed E-state index contributed by atoms with van der Waals surface area (Å²) in [6.45, 7) is 3.81. The summed E-state index contributed by atoms with van der Waals surface area (Å²) in [5.74, 6) is 1.61. The van der Waals surface area contributed by atoms with E-state index in [0.29, 0.717) is 17.4 Å². The zero-order valence-electron chi connectivity index (χ0n) is 23.1. The Balaban J connectivity index is 1.29. The Labute approximate surface area is 239 Å². The van der Waals surface area contributed by atoms with Gasteiger partial charge in [0.2, 0.25) is 5.91 Å². The number of nitrogens with one attached hydrogen (secondary N) is 1. The van der Waals surface area contributed by atoms with E-state index < -0.39 is 0 Å². The van der Waals surface area contributed by atoms with Gasteiger partial charge >= 0.3 is 0 Å². The van der Waals surface area contributed by atoms with Crippen molar-refractivity contribution in [3.8, 4) is 5.75 Å². The van der Waals surface area contributed by atoms with Crippen molar-refractivity contribution in [3.05, 3.63) is 70.2 Å². The van der Waals surface area contributed by atoms with Gasteiger partial charge < -0.3 is 15.0 Å². The second-order valence-corrected chi connectivity index (χ2v) is 11.5. The van der Waals surface area contributed by atoms with Crippen LogP contribution in [0.3, 0.4) is 0 Å². The number of nitrogens with zero attached hydrogens (tertiary/aromatic N) is 1. The number of benzene rings is 2. The molecule has 1 aliphatic heterocycles. The van der Waals surface area contributed by atoms with Crippen LogP contribution in [0.1, 0.15) is 95.1 Å². The molecule has 1 amide bonds. The molecule has 0 atom stereocenters. The summed E-state index contributed by atoms with van der Waals surface area (Å²) in [6, 6.07) is 13.7. The van der Waals surface area contributed by atoms with Gasteiger partial charge in [-0.05, 0) is 47.2 Å². The number of unbranched alkanes of at least 4 members (excludes halogenated alkanes) is 11. The first-order valence-electron chi connectivity index (χ1n) is 14.5. The average molecular weight is 557 g/mol. The van der Waals surface area contributed by atoms with Crippen molar-refractivity contribution in [1.29, 1.82) is 0 Å². The number of ether oxygens (including phenoxy) is 1. The lowest BCUT2D eigenvalue weighted by molar-refractivity contribution is -0.115. The molecule has 1 aliphatic rings. The van der Waals surface area contributed by atoms with Crippen LogP contribution >= 0.6 is 23.4 Å². The third-order valence-electron chi connectivity index (χ3n) is 6.85. The zero-order valence-corrected chi connectivity index (χ0v) is 24.6. The van der Waals surface area contributed by atoms with Crippen molar-refractivity contribution in [1.82, 2.24) is 4.90 Å². The summed E-state index contributed by atoms with van der Waals surface area (Å²) in [5.41, 5.74) is 2.93. The number of hydrogen-bond acceptors (Lipinski definition) is 4. The van der Waals surface area contributed by atoms with Crippen LogP contribution in [-0.4, -0.2) is 23.3 Å². The highest BCUT2D eigenvalue weighted by Gasteiger charge is 2.10. The minimum absolute atomic E-state index is 0.0501. The maximum atomic E-state index is 12.6. The minimum Gasteiger partial charge on any atom is -0.492 e. The predicted molar refractivity (Wildman–Crippen MR) is 164 cm³/mol. The second kappa shape index (κ2) is 18.2. The summed E-state index contributed by atoms with van der Waals surface area (Å²) in [7, 11) is 0. The van der Waals surface area contributed by atoms with Gasteiger partial charge in [0.15, 0.2) is 0 Å². The second-order valence-electron chi connectivity index (χ2n) is 10.3. The van der Waals surface area contributed by atoms with E-state index >= 15 is 0 Å². The monoisotopic (exact) mass is 556 g/mol. The fraction of sp³-hybridized carbons (Fsp3) is 0.531. The van der Waals surface area contributed by atoms with E-state index in [1.165, 1.54) is 76.2 Å². The fourth-order valence-electron chi connectivity index (χ4n) is 4.62. The van der Waals surface area contributed by atoms with E-state index in [-0.39, 0.29) is 12.3 Å². The van der Waals surface area contributed by atoms with Crippen LogP contribution in [0.5, 0.6) is 5.75 Å². The Hall–Kier alpha value is -2.11. The fourth-order valence-corrected chi connectivity index (χ4v) is 5.51. The maximum absolute atomic E-state index is 12.6. The molecular formula is C32H45ClN2O2S. The van der Waals surface area contributed by atoms with E-state index in [0.717, 1.165) is 30.1 Å². The van der Waals surface area contributed by atoms with Crippen LogP contribution in [0.25, 0.3) is 0 Å². The van der Waals surface area contributed by atoms with Crippen LogP contribution in [0.4, 0.5) is 5.69 Å². The van der Waals surface area contributed by atoms with Gasteiger partial charge in [0, 0.05) is 18.4 Å². The van der Waals surface area contributed by atoms with E-state index in [2.05, 4.69) is 40.9 Å². The van der Waals surface area contributed by atoms with E-state index in [1.807, 2.05) is 30.3 Å². The Kier molecular flexibility index (Phi) is 14.6. The molecule has 208 valence electrons. The van der Waals surface area contributed by atoms with E-state index in [9.17, 15) is 4.79 Å². The Morgan fingerprint density at radius 2 is 1.53 bits per heavy atom. The Morgan fingerprint density at radius 1 is 0.895 bits per heavy atom. The van der Waals surface area contributed by atoms with Crippen molar-refractivity contribution < 1.29 is 9.53 Å². The van der Waals surface area contributed by atoms with Crippen molar-refractivity contribution in [2.45, 2.75) is 96.9 Å². The third kappa shape index (κ3) is 12.2. The largest absolute Gasteiger partial charge is 0.492 e. The first-order valence-corrected chi connectivity index (χ1v) is 15.9. The van der Waals surface area contributed by atoms with Gasteiger partial charge in [-0.25, -0.2) is 0 Å². The van der Waals surface area contributed by atoms with Gasteiger partial charge in [0.25, 0.3) is 0 Å². The molecule has 4 nitrogen and oxygen atoms in total. The number of hydrogen-bond donors (Lipinski definition) is 1. The number of halogens is 1. The van der Waals surface area contributed by atoms with Gasteiger partial charge in [0.1, 0.15) is 5.75 Å². The molecule has 0 fully saturated rings. The van der Waals surface area contributed by atoms with Crippen LogP contribution in [0, 0.1) is 0 Å². The van der Waals surface area contributed by atoms with Crippen molar-refractivity contribution in [2.24, 2.45) is 0 Å². The number of anilines is 1. The molecule has 1 heterocycles. The minimum atomic E-state index is -0.0501. The first kappa shape index (κ1) is 30.4. The normalized spacial score (nSPS) is 12.7. The highest BCUT2D eigenvalue weighted by molar-refractivity contribution is 8.02. The van der Waals surface area contributed by atoms with Gasteiger partial charge in [-0.2, -0.15) is 0 Å². The van der Waals surface area contributed by atoms with Crippen LogP contribution < -0.4 is 10.1 Å². The van der Waals surface area contributed by atoms with Crippen molar-refractivity contribution >= 4 is 35.0 Å². The first-order chi connectivity index (χ1) is 18.6. The standard InChI is InChI=1S/C32H45ClN2O2S/c1-2-3-4-5-6-7-8-9-10-11-12-13-21-37-31-23-28(16-19-30(31)33)24-32(36)34-29-17-14-27(15-18-29)25-35-20-22-38-26-35/h14-20,22-23H,2-13,21,24-26H2,1H3,(H,34,36). The summed E-state index contributed by atoms with van der Waals surface area (Å²) in [6.07, 6.45) is 18.2. The lowest BCUT2D eigenvalue weighted by Gasteiger charge is -2.15. The molecule has 6 heteroatoms.